The van der Waals surface area contributed by atoms with E-state index in [4.69, 9.17) is 10.5 Å². The summed E-state index contributed by atoms with van der Waals surface area (Å²) in [5.41, 5.74) is 6.16. The number of nitrogens with one attached hydrogen (secondary N) is 2. The molecule has 2 aliphatic rings. The lowest BCUT2D eigenvalue weighted by Gasteiger charge is -2.20. The summed E-state index contributed by atoms with van der Waals surface area (Å²) >= 11 is 0. The van der Waals surface area contributed by atoms with Gasteiger partial charge in [-0.25, -0.2) is 0 Å². The highest BCUT2D eigenvalue weighted by Gasteiger charge is 2.38. The molecule has 7 nitrogen and oxygen atoms in total. The molecule has 4 N–H and O–H groups in total. The zero-order chi connectivity index (χ0) is 18.5. The molecule has 2 unspecified atom stereocenters. The van der Waals surface area contributed by atoms with Crippen LogP contribution in [0.15, 0.2) is 29.3 Å². The van der Waals surface area contributed by atoms with Crippen LogP contribution in [0.4, 0.5) is 0 Å². The lowest BCUT2D eigenvalue weighted by molar-refractivity contribution is -0.119. The number of primary amides is 1. The summed E-state index contributed by atoms with van der Waals surface area (Å²) in [4.78, 5) is 17.8. The van der Waals surface area contributed by atoms with Gasteiger partial charge in [0, 0.05) is 38.3 Å². The van der Waals surface area contributed by atoms with E-state index < -0.39 is 5.91 Å². The first-order chi connectivity index (χ1) is 12.5. The molecule has 0 spiro atoms. The van der Waals surface area contributed by atoms with Crippen LogP contribution >= 0.6 is 0 Å². The molecule has 1 aromatic rings. The van der Waals surface area contributed by atoms with Crippen molar-refractivity contribution in [2.24, 2.45) is 10.7 Å². The van der Waals surface area contributed by atoms with Gasteiger partial charge in [-0.15, -0.1) is 0 Å². The highest BCUT2D eigenvalue weighted by atomic mass is 16.5. The smallest absolute Gasteiger partial charge is 0.255 e. The molecule has 142 valence electrons. The van der Waals surface area contributed by atoms with Crippen LogP contribution in [0.1, 0.15) is 31.7 Å². The van der Waals surface area contributed by atoms with Gasteiger partial charge < -0.3 is 21.1 Å². The van der Waals surface area contributed by atoms with Gasteiger partial charge >= 0.3 is 0 Å². The average molecular weight is 359 g/mol. The Balaban J connectivity index is 1.48. The Bertz CT molecular complexity index is 659. The number of aliphatic imine (C=N–C) groups is 1. The monoisotopic (exact) mass is 359 g/mol. The summed E-state index contributed by atoms with van der Waals surface area (Å²) < 4.78 is 5.35. The zero-order valence-corrected chi connectivity index (χ0v) is 15.6. The van der Waals surface area contributed by atoms with Crippen LogP contribution in [0, 0.1) is 0 Å². The zero-order valence-electron chi connectivity index (χ0n) is 15.6. The topological polar surface area (TPSA) is 92.0 Å². The lowest BCUT2D eigenvalue weighted by Crippen LogP contribution is -2.44. The van der Waals surface area contributed by atoms with E-state index in [0.717, 1.165) is 30.5 Å². The minimum Gasteiger partial charge on any atom is -0.484 e. The van der Waals surface area contributed by atoms with Crippen LogP contribution in [0.2, 0.25) is 0 Å². The summed E-state index contributed by atoms with van der Waals surface area (Å²) in [6.45, 7) is 3.91. The van der Waals surface area contributed by atoms with E-state index in [0.29, 0.717) is 24.4 Å². The van der Waals surface area contributed by atoms with E-state index in [1.54, 1.807) is 7.05 Å². The molecular weight excluding hydrogens is 330 g/mol. The number of likely N-dealkylation sites (tertiary alicyclic amines) is 1. The number of rotatable bonds is 7. The number of benzene rings is 1. The minimum absolute atomic E-state index is 0.114. The normalized spacial score (nSPS) is 23.7. The predicted octanol–water partition coefficient (Wildman–Crippen LogP) is 0.841. The van der Waals surface area contributed by atoms with E-state index >= 15 is 0 Å². The Kier molecular flexibility index (Phi) is 5.98. The second-order valence-electron chi connectivity index (χ2n) is 7.18. The fourth-order valence-corrected chi connectivity index (χ4v) is 3.55. The van der Waals surface area contributed by atoms with Crippen LogP contribution in [0.25, 0.3) is 0 Å². The van der Waals surface area contributed by atoms with Crippen LogP contribution in [0.3, 0.4) is 0 Å². The largest absolute Gasteiger partial charge is 0.484 e. The number of hydrogen-bond acceptors (Lipinski definition) is 4. The minimum atomic E-state index is -0.482. The van der Waals surface area contributed by atoms with Crippen LogP contribution in [-0.4, -0.2) is 55.1 Å². The summed E-state index contributed by atoms with van der Waals surface area (Å²) in [7, 11) is 1.79. The Morgan fingerprint density at radius 1 is 1.42 bits per heavy atom. The quantitative estimate of drug-likeness (QED) is 0.496. The molecule has 1 saturated heterocycles. The van der Waals surface area contributed by atoms with Crippen LogP contribution in [0.5, 0.6) is 5.75 Å². The Hall–Kier alpha value is -2.28. The van der Waals surface area contributed by atoms with Crippen molar-refractivity contribution in [3.8, 4) is 5.75 Å². The third-order valence-corrected chi connectivity index (χ3v) is 4.94. The van der Waals surface area contributed by atoms with E-state index in [-0.39, 0.29) is 6.61 Å². The van der Waals surface area contributed by atoms with Crippen molar-refractivity contribution in [2.75, 3.05) is 20.2 Å². The third kappa shape index (κ3) is 5.11. The number of amides is 1. The average Bonchev–Trinajstić information content (AvgIpc) is 3.40. The molecule has 3 rings (SSSR count). The first kappa shape index (κ1) is 18.5. The van der Waals surface area contributed by atoms with E-state index in [9.17, 15) is 4.79 Å². The number of guanidine groups is 1. The van der Waals surface area contributed by atoms with Gasteiger partial charge in [0.25, 0.3) is 5.91 Å². The van der Waals surface area contributed by atoms with Gasteiger partial charge in [-0.1, -0.05) is 12.1 Å². The van der Waals surface area contributed by atoms with Gasteiger partial charge in [0.1, 0.15) is 5.75 Å². The van der Waals surface area contributed by atoms with Crippen molar-refractivity contribution in [1.29, 1.82) is 0 Å². The maximum absolute atomic E-state index is 10.8. The number of carbonyl (C=O) groups is 1. The molecule has 7 heteroatoms. The molecule has 0 radical (unpaired) electrons. The number of ether oxygens (including phenoxy) is 1. The van der Waals surface area contributed by atoms with Gasteiger partial charge in [-0.3, -0.25) is 14.7 Å². The van der Waals surface area contributed by atoms with E-state index in [1.165, 1.54) is 12.8 Å². The fraction of sp³-hybridized carbons (Fsp3) is 0.579. The standard InChI is InChI=1S/C19H29N5O2/c1-13-8-15(11-24(13)16-6-7-16)23-19(21-2)22-10-14-4-3-5-17(9-14)26-12-18(20)25/h3-5,9,13,15-16H,6-8,10-12H2,1-2H3,(H2,20,25)(H2,21,22,23). The summed E-state index contributed by atoms with van der Waals surface area (Å²) in [5, 5.41) is 6.89. The summed E-state index contributed by atoms with van der Waals surface area (Å²) in [5.74, 6) is 0.961. The summed E-state index contributed by atoms with van der Waals surface area (Å²) in [6, 6.07) is 9.48. The number of nitrogens with zero attached hydrogens (tertiary/aromatic N) is 2. The Morgan fingerprint density at radius 2 is 2.23 bits per heavy atom. The van der Waals surface area contributed by atoms with Crippen molar-refractivity contribution >= 4 is 11.9 Å². The molecule has 0 bridgehead atoms. The predicted molar refractivity (Wildman–Crippen MR) is 102 cm³/mol. The summed E-state index contributed by atoms with van der Waals surface area (Å²) in [6.07, 6.45) is 3.84. The molecule has 2 fully saturated rings. The first-order valence-corrected chi connectivity index (χ1v) is 9.28. The number of hydrogen-bond donors (Lipinski definition) is 3. The maximum Gasteiger partial charge on any atom is 0.255 e. The fourth-order valence-electron chi connectivity index (χ4n) is 3.55. The van der Waals surface area contributed by atoms with Crippen molar-refractivity contribution < 1.29 is 9.53 Å². The molecular formula is C19H29N5O2. The SMILES string of the molecule is CN=C(NCc1cccc(OCC(N)=O)c1)NC1CC(C)N(C2CC2)C1. The molecule has 1 aliphatic carbocycles. The van der Waals surface area contributed by atoms with Crippen LogP contribution in [-0.2, 0) is 11.3 Å². The maximum atomic E-state index is 10.8. The van der Waals surface area contributed by atoms with Gasteiger partial charge in [-0.2, -0.15) is 0 Å². The molecule has 1 saturated carbocycles. The molecule has 0 aromatic heterocycles. The molecule has 1 aliphatic heterocycles. The Morgan fingerprint density at radius 3 is 2.92 bits per heavy atom. The highest BCUT2D eigenvalue weighted by Crippen LogP contribution is 2.33. The number of carbonyl (C=O) groups excluding carboxylic acids is 1. The van der Waals surface area contributed by atoms with Crippen LogP contribution < -0.4 is 21.1 Å². The first-order valence-electron chi connectivity index (χ1n) is 9.28. The highest BCUT2D eigenvalue weighted by molar-refractivity contribution is 5.80. The number of nitrogens with two attached hydrogens (primary N) is 1. The second kappa shape index (κ2) is 8.40. The van der Waals surface area contributed by atoms with E-state index in [1.807, 2.05) is 24.3 Å². The van der Waals surface area contributed by atoms with Crippen molar-refractivity contribution in [1.82, 2.24) is 15.5 Å². The molecule has 1 heterocycles. The van der Waals surface area contributed by atoms with E-state index in [2.05, 4.69) is 27.4 Å². The van der Waals surface area contributed by atoms with Crippen molar-refractivity contribution in [3.05, 3.63) is 29.8 Å². The van der Waals surface area contributed by atoms with Crippen molar-refractivity contribution in [2.45, 2.75) is 50.9 Å². The van der Waals surface area contributed by atoms with Gasteiger partial charge in [-0.05, 0) is 43.9 Å². The van der Waals surface area contributed by atoms with Crippen molar-refractivity contribution in [3.63, 3.8) is 0 Å². The van der Waals surface area contributed by atoms with Gasteiger partial charge in [0.15, 0.2) is 12.6 Å². The second-order valence-corrected chi connectivity index (χ2v) is 7.18. The molecule has 2 atom stereocenters. The Labute approximate surface area is 155 Å². The molecule has 26 heavy (non-hydrogen) atoms. The van der Waals surface area contributed by atoms with Gasteiger partial charge in [0.2, 0.25) is 0 Å². The van der Waals surface area contributed by atoms with Gasteiger partial charge in [0.05, 0.1) is 0 Å². The third-order valence-electron chi connectivity index (χ3n) is 4.94. The lowest BCUT2D eigenvalue weighted by atomic mass is 10.2. The molecule has 1 aromatic carbocycles. The molecule has 1 amide bonds.